The molecule has 1 aliphatic carbocycles. The summed E-state index contributed by atoms with van der Waals surface area (Å²) in [6.45, 7) is 0.230. The maximum absolute atomic E-state index is 12.5. The second-order valence-corrected chi connectivity index (χ2v) is 6.22. The fourth-order valence-electron chi connectivity index (χ4n) is 3.05. The standard InChI is InChI=1S/C19H20N4O/c1-23(17-9-8-15(12-20)13-21-17)14-18(24)22-19(10-5-11-19)16-6-3-2-4-7-16/h2-4,6-9,13H,5,10-11,14H2,1H3,(H,22,24). The van der Waals surface area contributed by atoms with Crippen LogP contribution >= 0.6 is 0 Å². The number of pyridine rings is 1. The number of likely N-dealkylation sites (N-methyl/N-ethyl adjacent to an activating group) is 1. The van der Waals surface area contributed by atoms with E-state index in [-0.39, 0.29) is 18.0 Å². The second kappa shape index (κ2) is 6.71. The summed E-state index contributed by atoms with van der Waals surface area (Å²) in [6.07, 6.45) is 4.59. The van der Waals surface area contributed by atoms with Crippen LogP contribution in [0.3, 0.4) is 0 Å². The summed E-state index contributed by atoms with van der Waals surface area (Å²) in [7, 11) is 1.82. The van der Waals surface area contributed by atoms with E-state index in [9.17, 15) is 4.79 Å². The second-order valence-electron chi connectivity index (χ2n) is 6.22. The predicted octanol–water partition coefficient (Wildman–Crippen LogP) is 2.59. The molecule has 1 aromatic carbocycles. The largest absolute Gasteiger partial charge is 0.350 e. The Kier molecular flexibility index (Phi) is 4.48. The van der Waals surface area contributed by atoms with Crippen molar-refractivity contribution in [1.29, 1.82) is 5.26 Å². The molecule has 1 heterocycles. The van der Waals surface area contributed by atoms with Crippen LogP contribution in [0.1, 0.15) is 30.4 Å². The zero-order chi connectivity index (χ0) is 17.0. The van der Waals surface area contributed by atoms with Gasteiger partial charge in [0.15, 0.2) is 0 Å². The Labute approximate surface area is 141 Å². The van der Waals surface area contributed by atoms with Gasteiger partial charge >= 0.3 is 0 Å². The van der Waals surface area contributed by atoms with Crippen molar-refractivity contribution in [2.24, 2.45) is 0 Å². The van der Waals surface area contributed by atoms with Gasteiger partial charge in [0, 0.05) is 13.2 Å². The van der Waals surface area contributed by atoms with E-state index in [1.807, 2.05) is 31.3 Å². The third kappa shape index (κ3) is 3.23. The van der Waals surface area contributed by atoms with Gasteiger partial charge in [-0.1, -0.05) is 30.3 Å². The van der Waals surface area contributed by atoms with E-state index in [1.54, 1.807) is 17.0 Å². The summed E-state index contributed by atoms with van der Waals surface area (Å²) >= 11 is 0. The molecular formula is C19H20N4O. The molecule has 0 saturated heterocycles. The number of benzene rings is 1. The molecule has 0 radical (unpaired) electrons. The third-order valence-corrected chi connectivity index (χ3v) is 4.56. The van der Waals surface area contributed by atoms with E-state index in [4.69, 9.17) is 5.26 Å². The molecule has 1 fully saturated rings. The highest BCUT2D eigenvalue weighted by Gasteiger charge is 2.39. The highest BCUT2D eigenvalue weighted by Crippen LogP contribution is 2.41. The number of hydrogen-bond acceptors (Lipinski definition) is 4. The molecule has 24 heavy (non-hydrogen) atoms. The number of nitrogens with zero attached hydrogens (tertiary/aromatic N) is 3. The fraction of sp³-hybridized carbons (Fsp3) is 0.316. The van der Waals surface area contributed by atoms with E-state index in [1.165, 1.54) is 11.8 Å². The lowest BCUT2D eigenvalue weighted by molar-refractivity contribution is -0.123. The maximum Gasteiger partial charge on any atom is 0.240 e. The SMILES string of the molecule is CN(CC(=O)NC1(c2ccccc2)CCC1)c1ccc(C#N)cn1. The van der Waals surface area contributed by atoms with Crippen LogP contribution in [0.5, 0.6) is 0 Å². The molecule has 1 aromatic heterocycles. The van der Waals surface area contributed by atoms with Gasteiger partial charge in [-0.25, -0.2) is 4.98 Å². The van der Waals surface area contributed by atoms with Crippen LogP contribution in [0, 0.1) is 11.3 Å². The zero-order valence-corrected chi connectivity index (χ0v) is 13.7. The number of nitriles is 1. The van der Waals surface area contributed by atoms with Gasteiger partial charge in [-0.2, -0.15) is 5.26 Å². The first-order valence-electron chi connectivity index (χ1n) is 8.07. The summed E-state index contributed by atoms with van der Waals surface area (Å²) in [5.41, 5.74) is 1.45. The lowest BCUT2D eigenvalue weighted by Crippen LogP contribution is -2.53. The summed E-state index contributed by atoms with van der Waals surface area (Å²) < 4.78 is 0. The van der Waals surface area contributed by atoms with E-state index in [0.29, 0.717) is 11.4 Å². The van der Waals surface area contributed by atoms with Crippen molar-refractivity contribution in [1.82, 2.24) is 10.3 Å². The third-order valence-electron chi connectivity index (χ3n) is 4.56. The molecule has 5 heteroatoms. The van der Waals surface area contributed by atoms with Crippen LogP contribution in [0.2, 0.25) is 0 Å². The summed E-state index contributed by atoms with van der Waals surface area (Å²) in [6, 6.07) is 15.6. The number of nitrogens with one attached hydrogen (secondary N) is 1. The number of carbonyl (C=O) groups excluding carboxylic acids is 1. The van der Waals surface area contributed by atoms with Gasteiger partial charge in [-0.3, -0.25) is 4.79 Å². The monoisotopic (exact) mass is 320 g/mol. The Morgan fingerprint density at radius 1 is 1.29 bits per heavy atom. The number of amides is 1. The first-order chi connectivity index (χ1) is 11.6. The van der Waals surface area contributed by atoms with Crippen LogP contribution in [-0.2, 0) is 10.3 Å². The summed E-state index contributed by atoms with van der Waals surface area (Å²) in [5, 5.41) is 12.0. The normalized spacial score (nSPS) is 15.0. The molecule has 5 nitrogen and oxygen atoms in total. The number of hydrogen-bond donors (Lipinski definition) is 1. The molecule has 3 rings (SSSR count). The number of rotatable bonds is 5. The predicted molar refractivity (Wildman–Crippen MR) is 92.3 cm³/mol. The van der Waals surface area contributed by atoms with Gasteiger partial charge in [-0.15, -0.1) is 0 Å². The molecule has 122 valence electrons. The average molecular weight is 320 g/mol. The molecule has 2 aromatic rings. The zero-order valence-electron chi connectivity index (χ0n) is 13.7. The van der Waals surface area contributed by atoms with Crippen molar-refractivity contribution in [3.05, 3.63) is 59.8 Å². The van der Waals surface area contributed by atoms with Crippen molar-refractivity contribution in [3.8, 4) is 6.07 Å². The molecule has 1 N–H and O–H groups in total. The lowest BCUT2D eigenvalue weighted by Gasteiger charge is -2.43. The lowest BCUT2D eigenvalue weighted by atomic mass is 9.72. The molecule has 0 spiro atoms. The Morgan fingerprint density at radius 2 is 2.04 bits per heavy atom. The first kappa shape index (κ1) is 16.0. The van der Waals surface area contributed by atoms with E-state index >= 15 is 0 Å². The van der Waals surface area contributed by atoms with Crippen LogP contribution in [0.15, 0.2) is 48.7 Å². The van der Waals surface area contributed by atoms with Gasteiger partial charge in [0.1, 0.15) is 11.9 Å². The first-order valence-corrected chi connectivity index (χ1v) is 8.07. The fourth-order valence-corrected chi connectivity index (χ4v) is 3.05. The Balaban J connectivity index is 1.65. The van der Waals surface area contributed by atoms with Gasteiger partial charge in [0.05, 0.1) is 17.6 Å². The van der Waals surface area contributed by atoms with Crippen molar-refractivity contribution in [2.75, 3.05) is 18.5 Å². The van der Waals surface area contributed by atoms with E-state index < -0.39 is 0 Å². The summed E-state index contributed by atoms with van der Waals surface area (Å²) in [4.78, 5) is 18.5. The minimum atomic E-state index is -0.225. The Morgan fingerprint density at radius 3 is 2.58 bits per heavy atom. The minimum absolute atomic E-state index is 0.0211. The van der Waals surface area contributed by atoms with Crippen molar-refractivity contribution < 1.29 is 4.79 Å². The molecule has 1 aliphatic rings. The average Bonchev–Trinajstić information content (AvgIpc) is 2.59. The summed E-state index contributed by atoms with van der Waals surface area (Å²) in [5.74, 6) is 0.652. The van der Waals surface area contributed by atoms with Crippen molar-refractivity contribution in [3.63, 3.8) is 0 Å². The van der Waals surface area contributed by atoms with Crippen LogP contribution in [0.25, 0.3) is 0 Å². The molecule has 0 atom stereocenters. The van der Waals surface area contributed by atoms with Gasteiger partial charge in [-0.05, 0) is 37.0 Å². The molecule has 1 saturated carbocycles. The van der Waals surface area contributed by atoms with Gasteiger partial charge < -0.3 is 10.2 Å². The van der Waals surface area contributed by atoms with Gasteiger partial charge in [0.2, 0.25) is 5.91 Å². The van der Waals surface area contributed by atoms with Crippen molar-refractivity contribution >= 4 is 11.7 Å². The smallest absolute Gasteiger partial charge is 0.240 e. The Bertz CT molecular complexity index is 745. The number of aromatic nitrogens is 1. The number of anilines is 1. The van der Waals surface area contributed by atoms with Crippen LogP contribution in [0.4, 0.5) is 5.82 Å². The molecule has 1 amide bonds. The maximum atomic E-state index is 12.5. The number of carbonyl (C=O) groups is 1. The molecule has 0 aliphatic heterocycles. The van der Waals surface area contributed by atoms with E-state index in [2.05, 4.69) is 22.4 Å². The quantitative estimate of drug-likeness (QED) is 0.919. The topological polar surface area (TPSA) is 69.0 Å². The van der Waals surface area contributed by atoms with Crippen LogP contribution in [-0.4, -0.2) is 24.5 Å². The molecule has 0 unspecified atom stereocenters. The van der Waals surface area contributed by atoms with Gasteiger partial charge in [0.25, 0.3) is 0 Å². The van der Waals surface area contributed by atoms with E-state index in [0.717, 1.165) is 19.3 Å². The van der Waals surface area contributed by atoms with Crippen molar-refractivity contribution in [2.45, 2.75) is 24.8 Å². The molecular weight excluding hydrogens is 300 g/mol. The molecule has 0 bridgehead atoms. The Hall–Kier alpha value is -2.87. The van der Waals surface area contributed by atoms with Crippen LogP contribution < -0.4 is 10.2 Å². The highest BCUT2D eigenvalue weighted by atomic mass is 16.2. The highest BCUT2D eigenvalue weighted by molar-refractivity contribution is 5.82. The minimum Gasteiger partial charge on any atom is -0.350 e.